The second-order valence-corrected chi connectivity index (χ2v) is 14.7. The molecule has 5 rings (SSSR count). The van der Waals surface area contributed by atoms with Crippen molar-refractivity contribution < 1.29 is 27.5 Å². The van der Waals surface area contributed by atoms with Crippen LogP contribution in [0.3, 0.4) is 0 Å². The average Bonchev–Trinajstić information content (AvgIpc) is 3.13. The monoisotopic (exact) mass is 697 g/mol. The standard InChI is InChI=1S/C40H47N3O6S/c1-29-19-22-35(23-20-29)50(46,47)43(34-21-24-37(48-3)38(26-34)49-4)28-39(44)42(27-32-16-12-11-13-30(32)2)36(25-31-14-7-5-8-15-31)40(45)41-33-17-9-6-10-18-33/h5,7-8,11-16,19-24,26,33,36H,6,9-10,17-18,25,27-28H2,1-4H3,(H,41,45)/t36-/m1/s1. The Morgan fingerprint density at radius 3 is 2.14 bits per heavy atom. The van der Waals surface area contributed by atoms with Crippen molar-refractivity contribution in [2.75, 3.05) is 25.1 Å². The first-order valence-corrected chi connectivity index (χ1v) is 18.5. The van der Waals surface area contributed by atoms with Gasteiger partial charge in [-0.1, -0.05) is 91.6 Å². The van der Waals surface area contributed by atoms with Gasteiger partial charge in [0.15, 0.2) is 11.5 Å². The smallest absolute Gasteiger partial charge is 0.264 e. The van der Waals surface area contributed by atoms with Crippen LogP contribution >= 0.6 is 0 Å². The quantitative estimate of drug-likeness (QED) is 0.159. The van der Waals surface area contributed by atoms with E-state index >= 15 is 0 Å². The van der Waals surface area contributed by atoms with Crippen LogP contribution in [0, 0.1) is 13.8 Å². The molecule has 0 bridgehead atoms. The molecule has 264 valence electrons. The predicted molar refractivity (Wildman–Crippen MR) is 196 cm³/mol. The highest BCUT2D eigenvalue weighted by molar-refractivity contribution is 7.92. The summed E-state index contributed by atoms with van der Waals surface area (Å²) in [7, 11) is -1.30. The maximum absolute atomic E-state index is 14.9. The molecule has 1 atom stereocenters. The molecule has 10 heteroatoms. The summed E-state index contributed by atoms with van der Waals surface area (Å²) < 4.78 is 40.9. The predicted octanol–water partition coefficient (Wildman–Crippen LogP) is 6.60. The van der Waals surface area contributed by atoms with Gasteiger partial charge in [-0.2, -0.15) is 0 Å². The molecule has 0 unspecified atom stereocenters. The van der Waals surface area contributed by atoms with Gasteiger partial charge in [-0.3, -0.25) is 13.9 Å². The molecule has 1 aliphatic rings. The minimum absolute atomic E-state index is 0.0233. The molecule has 1 N–H and O–H groups in total. The Morgan fingerprint density at radius 1 is 0.820 bits per heavy atom. The van der Waals surface area contributed by atoms with Crippen molar-refractivity contribution >= 4 is 27.5 Å². The first-order valence-electron chi connectivity index (χ1n) is 17.1. The third-order valence-electron chi connectivity index (χ3n) is 9.37. The average molecular weight is 698 g/mol. The number of hydrogen-bond acceptors (Lipinski definition) is 6. The largest absolute Gasteiger partial charge is 0.493 e. The first kappa shape index (κ1) is 36.5. The lowest BCUT2D eigenvalue weighted by Crippen LogP contribution is -2.55. The molecule has 4 aromatic rings. The summed E-state index contributed by atoms with van der Waals surface area (Å²) in [4.78, 5) is 30.8. The second kappa shape index (κ2) is 16.7. The van der Waals surface area contributed by atoms with Crippen molar-refractivity contribution in [3.05, 3.63) is 119 Å². The number of amides is 2. The number of ether oxygens (including phenoxy) is 2. The molecule has 9 nitrogen and oxygen atoms in total. The van der Waals surface area contributed by atoms with Gasteiger partial charge in [0.05, 0.1) is 24.8 Å². The Hall–Kier alpha value is -4.83. The number of sulfonamides is 1. The highest BCUT2D eigenvalue weighted by atomic mass is 32.2. The fourth-order valence-corrected chi connectivity index (χ4v) is 7.82. The van der Waals surface area contributed by atoms with E-state index < -0.39 is 28.5 Å². The molecule has 1 aliphatic carbocycles. The number of rotatable bonds is 14. The van der Waals surface area contributed by atoms with Crippen molar-refractivity contribution in [3.8, 4) is 11.5 Å². The van der Waals surface area contributed by atoms with Gasteiger partial charge in [0, 0.05) is 25.1 Å². The zero-order valence-corrected chi connectivity index (χ0v) is 30.1. The van der Waals surface area contributed by atoms with Gasteiger partial charge in [0.25, 0.3) is 10.0 Å². The molecule has 1 fully saturated rings. The van der Waals surface area contributed by atoms with E-state index in [9.17, 15) is 18.0 Å². The summed E-state index contributed by atoms with van der Waals surface area (Å²) >= 11 is 0. The van der Waals surface area contributed by atoms with Gasteiger partial charge in [0.2, 0.25) is 11.8 Å². The lowest BCUT2D eigenvalue weighted by molar-refractivity contribution is -0.140. The van der Waals surface area contributed by atoms with Gasteiger partial charge in [-0.25, -0.2) is 8.42 Å². The summed E-state index contributed by atoms with van der Waals surface area (Å²) in [6.07, 6.45) is 5.25. The molecule has 0 heterocycles. The summed E-state index contributed by atoms with van der Waals surface area (Å²) in [6, 6.07) is 27.7. The third kappa shape index (κ3) is 8.84. The summed E-state index contributed by atoms with van der Waals surface area (Å²) in [5.74, 6) is -0.0360. The number of anilines is 1. The SMILES string of the molecule is COc1ccc(N(CC(=O)N(Cc2ccccc2C)[C@H](Cc2ccccc2)C(=O)NC2CCCCC2)S(=O)(=O)c2ccc(C)cc2)cc1OC. The van der Waals surface area contributed by atoms with Crippen LogP contribution in [0.15, 0.2) is 102 Å². The van der Waals surface area contributed by atoms with E-state index in [0.29, 0.717) is 11.5 Å². The number of benzene rings is 4. The molecule has 2 amide bonds. The van der Waals surface area contributed by atoms with Crippen LogP contribution in [0.25, 0.3) is 0 Å². The Balaban J connectivity index is 1.60. The molecule has 4 aromatic carbocycles. The fourth-order valence-electron chi connectivity index (χ4n) is 6.42. The van der Waals surface area contributed by atoms with Crippen LogP contribution in [0.5, 0.6) is 11.5 Å². The first-order chi connectivity index (χ1) is 24.1. The summed E-state index contributed by atoms with van der Waals surface area (Å²) in [6.45, 7) is 3.40. The second-order valence-electron chi connectivity index (χ2n) is 12.9. The molecule has 1 saturated carbocycles. The van der Waals surface area contributed by atoms with Crippen LogP contribution in [0.1, 0.15) is 54.4 Å². The maximum Gasteiger partial charge on any atom is 0.264 e. The minimum atomic E-state index is -4.26. The maximum atomic E-state index is 14.9. The van der Waals surface area contributed by atoms with Gasteiger partial charge >= 0.3 is 0 Å². The highest BCUT2D eigenvalue weighted by Crippen LogP contribution is 2.34. The lowest BCUT2D eigenvalue weighted by atomic mass is 9.94. The molecule has 0 aromatic heterocycles. The van der Waals surface area contributed by atoms with E-state index in [0.717, 1.165) is 58.7 Å². The molecule has 0 radical (unpaired) electrons. The topological polar surface area (TPSA) is 105 Å². The molecule has 0 spiro atoms. The number of carbonyl (C=O) groups excluding carboxylic acids is 2. The minimum Gasteiger partial charge on any atom is -0.493 e. The van der Waals surface area contributed by atoms with Crippen molar-refractivity contribution in [2.24, 2.45) is 0 Å². The number of hydrogen-bond donors (Lipinski definition) is 1. The van der Waals surface area contributed by atoms with Gasteiger partial charge in [-0.15, -0.1) is 0 Å². The van der Waals surface area contributed by atoms with Gasteiger partial charge in [0.1, 0.15) is 12.6 Å². The van der Waals surface area contributed by atoms with E-state index in [1.54, 1.807) is 35.2 Å². The van der Waals surface area contributed by atoms with Crippen molar-refractivity contribution in [1.82, 2.24) is 10.2 Å². The van der Waals surface area contributed by atoms with E-state index in [1.165, 1.54) is 26.4 Å². The van der Waals surface area contributed by atoms with E-state index in [4.69, 9.17) is 9.47 Å². The molecule has 0 aliphatic heterocycles. The summed E-state index contributed by atoms with van der Waals surface area (Å²) in [5, 5.41) is 3.25. The molecular weight excluding hydrogens is 651 g/mol. The normalized spacial score (nSPS) is 14.0. The van der Waals surface area contributed by atoms with Gasteiger partial charge < -0.3 is 19.7 Å². The summed E-state index contributed by atoms with van der Waals surface area (Å²) in [5.41, 5.74) is 3.83. The number of methoxy groups -OCH3 is 2. The Labute approximate surface area is 296 Å². The van der Waals surface area contributed by atoms with Crippen molar-refractivity contribution in [3.63, 3.8) is 0 Å². The third-order valence-corrected chi connectivity index (χ3v) is 11.2. The number of nitrogens with zero attached hydrogens (tertiary/aromatic N) is 2. The van der Waals surface area contributed by atoms with E-state index in [1.807, 2.05) is 68.4 Å². The molecular formula is C40H47N3O6S. The van der Waals surface area contributed by atoms with Gasteiger partial charge in [-0.05, 0) is 67.6 Å². The lowest BCUT2D eigenvalue weighted by Gasteiger charge is -2.35. The van der Waals surface area contributed by atoms with Crippen LogP contribution in [0.2, 0.25) is 0 Å². The van der Waals surface area contributed by atoms with Crippen molar-refractivity contribution in [2.45, 2.75) is 75.9 Å². The Kier molecular flexibility index (Phi) is 12.2. The number of nitrogens with one attached hydrogen (secondary N) is 1. The highest BCUT2D eigenvalue weighted by Gasteiger charge is 2.36. The molecule has 50 heavy (non-hydrogen) atoms. The van der Waals surface area contributed by atoms with Crippen LogP contribution < -0.4 is 19.1 Å². The molecule has 0 saturated heterocycles. The fraction of sp³-hybridized carbons (Fsp3) is 0.350. The zero-order chi connectivity index (χ0) is 35.7. The van der Waals surface area contributed by atoms with Crippen LogP contribution in [0.4, 0.5) is 5.69 Å². The van der Waals surface area contributed by atoms with Crippen molar-refractivity contribution in [1.29, 1.82) is 0 Å². The number of aryl methyl sites for hydroxylation is 2. The zero-order valence-electron chi connectivity index (χ0n) is 29.3. The Morgan fingerprint density at radius 2 is 1.48 bits per heavy atom. The van der Waals surface area contributed by atoms with E-state index in [-0.39, 0.29) is 35.5 Å². The Bertz CT molecular complexity index is 1860. The van der Waals surface area contributed by atoms with E-state index in [2.05, 4.69) is 5.32 Å². The van der Waals surface area contributed by atoms with Crippen LogP contribution in [-0.2, 0) is 32.6 Å². The van der Waals surface area contributed by atoms with Crippen LogP contribution in [-0.4, -0.2) is 58.0 Å². The number of carbonyl (C=O) groups is 2.